The third-order valence-corrected chi connectivity index (χ3v) is 5.10. The Bertz CT molecular complexity index is 1030. The number of carbonyl (C=O) groups excluding carboxylic acids is 1. The smallest absolute Gasteiger partial charge is 0.150 e. The van der Waals surface area contributed by atoms with E-state index >= 15 is 0 Å². The SMILES string of the molecule is Cc1cc(Cl)cc(C(c2cccc(N)c2)c2cc(Cl)cc(C)c2C=O)c1O. The van der Waals surface area contributed by atoms with Gasteiger partial charge in [-0.1, -0.05) is 35.3 Å². The number of rotatable bonds is 4. The number of benzene rings is 3. The van der Waals surface area contributed by atoms with Gasteiger partial charge in [-0.3, -0.25) is 4.79 Å². The van der Waals surface area contributed by atoms with Gasteiger partial charge in [0.1, 0.15) is 5.75 Å². The number of carbonyl (C=O) groups is 1. The van der Waals surface area contributed by atoms with Crippen LogP contribution in [0.3, 0.4) is 0 Å². The fraction of sp³-hybridized carbons (Fsp3) is 0.136. The molecule has 0 aromatic heterocycles. The van der Waals surface area contributed by atoms with Crippen molar-refractivity contribution in [1.82, 2.24) is 0 Å². The van der Waals surface area contributed by atoms with Crippen LogP contribution in [0.25, 0.3) is 0 Å². The van der Waals surface area contributed by atoms with Crippen LogP contribution in [0.15, 0.2) is 48.5 Å². The monoisotopic (exact) mass is 399 g/mol. The Labute approximate surface area is 168 Å². The molecule has 3 aromatic rings. The number of phenolic OH excluding ortho intramolecular Hbond substituents is 1. The second-order valence-corrected chi connectivity index (χ2v) is 7.48. The van der Waals surface area contributed by atoms with E-state index in [2.05, 4.69) is 0 Å². The molecule has 3 nitrogen and oxygen atoms in total. The average Bonchev–Trinajstić information content (AvgIpc) is 2.59. The van der Waals surface area contributed by atoms with Gasteiger partial charge < -0.3 is 10.8 Å². The lowest BCUT2D eigenvalue weighted by Gasteiger charge is -2.24. The summed E-state index contributed by atoms with van der Waals surface area (Å²) in [6.45, 7) is 3.61. The maximum atomic E-state index is 11.9. The number of hydrogen-bond acceptors (Lipinski definition) is 3. The summed E-state index contributed by atoms with van der Waals surface area (Å²) in [5.41, 5.74) is 10.6. The van der Waals surface area contributed by atoms with Crippen LogP contribution < -0.4 is 5.73 Å². The maximum Gasteiger partial charge on any atom is 0.150 e. The third-order valence-electron chi connectivity index (χ3n) is 4.66. The number of aryl methyl sites for hydroxylation is 2. The first kappa shape index (κ1) is 19.3. The van der Waals surface area contributed by atoms with E-state index in [1.54, 1.807) is 37.3 Å². The van der Waals surface area contributed by atoms with Crippen molar-refractivity contribution < 1.29 is 9.90 Å². The summed E-state index contributed by atoms with van der Waals surface area (Å²) in [4.78, 5) is 11.9. The van der Waals surface area contributed by atoms with Gasteiger partial charge in [-0.2, -0.15) is 0 Å². The molecule has 0 spiro atoms. The highest BCUT2D eigenvalue weighted by Gasteiger charge is 2.25. The molecular weight excluding hydrogens is 381 g/mol. The second kappa shape index (κ2) is 7.63. The summed E-state index contributed by atoms with van der Waals surface area (Å²) in [6, 6.07) is 14.3. The lowest BCUT2D eigenvalue weighted by molar-refractivity contribution is 0.112. The molecule has 3 aromatic carbocycles. The predicted molar refractivity (Wildman–Crippen MR) is 111 cm³/mol. The number of nitrogen functional groups attached to an aromatic ring is 1. The Morgan fingerprint density at radius 2 is 1.59 bits per heavy atom. The van der Waals surface area contributed by atoms with E-state index in [-0.39, 0.29) is 5.75 Å². The topological polar surface area (TPSA) is 63.3 Å². The molecule has 0 aliphatic rings. The fourth-order valence-corrected chi connectivity index (χ4v) is 3.99. The molecule has 0 heterocycles. The Morgan fingerprint density at radius 1 is 0.963 bits per heavy atom. The van der Waals surface area contributed by atoms with E-state index in [0.29, 0.717) is 38.0 Å². The number of anilines is 1. The summed E-state index contributed by atoms with van der Waals surface area (Å²) >= 11 is 12.6. The van der Waals surface area contributed by atoms with Gasteiger partial charge in [-0.25, -0.2) is 0 Å². The molecule has 138 valence electrons. The normalized spacial score (nSPS) is 12.0. The fourth-order valence-electron chi connectivity index (χ4n) is 3.43. The van der Waals surface area contributed by atoms with Gasteiger partial charge in [0.05, 0.1) is 0 Å². The Balaban J connectivity index is 2.39. The minimum absolute atomic E-state index is 0.126. The number of aldehydes is 1. The number of phenols is 1. The number of aromatic hydroxyl groups is 1. The highest BCUT2D eigenvalue weighted by molar-refractivity contribution is 6.31. The van der Waals surface area contributed by atoms with Crippen LogP contribution in [0, 0.1) is 13.8 Å². The molecule has 0 aliphatic carbocycles. The maximum absolute atomic E-state index is 11.9. The lowest BCUT2D eigenvalue weighted by atomic mass is 9.81. The van der Waals surface area contributed by atoms with Gasteiger partial charge in [0.25, 0.3) is 0 Å². The first-order valence-corrected chi connectivity index (χ1v) is 9.17. The van der Waals surface area contributed by atoms with Crippen LogP contribution in [0.5, 0.6) is 5.75 Å². The van der Waals surface area contributed by atoms with Crippen molar-refractivity contribution in [2.24, 2.45) is 0 Å². The zero-order chi connectivity index (χ0) is 19.7. The van der Waals surface area contributed by atoms with Crippen LogP contribution >= 0.6 is 23.2 Å². The van der Waals surface area contributed by atoms with Crippen molar-refractivity contribution >= 4 is 35.2 Å². The first-order chi connectivity index (χ1) is 12.8. The number of halogens is 2. The summed E-state index contributed by atoms with van der Waals surface area (Å²) in [5.74, 6) is -0.329. The van der Waals surface area contributed by atoms with Crippen LogP contribution in [-0.2, 0) is 0 Å². The summed E-state index contributed by atoms with van der Waals surface area (Å²) < 4.78 is 0. The minimum Gasteiger partial charge on any atom is -0.507 e. The molecule has 5 heteroatoms. The molecular formula is C22H19Cl2NO2. The van der Waals surface area contributed by atoms with Gasteiger partial charge in [0.15, 0.2) is 6.29 Å². The van der Waals surface area contributed by atoms with Crippen LogP contribution in [0.1, 0.15) is 44.1 Å². The van der Waals surface area contributed by atoms with Crippen LogP contribution in [0.2, 0.25) is 10.0 Å². The number of hydrogen-bond donors (Lipinski definition) is 2. The molecule has 27 heavy (non-hydrogen) atoms. The molecule has 0 fully saturated rings. The molecule has 0 aliphatic heterocycles. The Hall–Kier alpha value is -2.49. The van der Waals surface area contributed by atoms with E-state index in [1.165, 1.54) is 0 Å². The Morgan fingerprint density at radius 3 is 2.22 bits per heavy atom. The van der Waals surface area contributed by atoms with E-state index in [9.17, 15) is 9.90 Å². The van der Waals surface area contributed by atoms with Crippen molar-refractivity contribution in [3.63, 3.8) is 0 Å². The van der Waals surface area contributed by atoms with Crippen molar-refractivity contribution in [2.45, 2.75) is 19.8 Å². The van der Waals surface area contributed by atoms with Gasteiger partial charge in [-0.05, 0) is 72.5 Å². The quantitative estimate of drug-likeness (QED) is 0.326. The molecule has 0 bridgehead atoms. The largest absolute Gasteiger partial charge is 0.507 e. The summed E-state index contributed by atoms with van der Waals surface area (Å²) in [5, 5.41) is 11.8. The van der Waals surface area contributed by atoms with Crippen LogP contribution in [-0.4, -0.2) is 11.4 Å². The van der Waals surface area contributed by atoms with E-state index < -0.39 is 5.92 Å². The molecule has 1 atom stereocenters. The molecule has 0 amide bonds. The van der Waals surface area contributed by atoms with E-state index in [1.807, 2.05) is 25.1 Å². The van der Waals surface area contributed by atoms with Crippen LogP contribution in [0.4, 0.5) is 5.69 Å². The van der Waals surface area contributed by atoms with Crippen molar-refractivity contribution in [1.29, 1.82) is 0 Å². The molecule has 3 N–H and O–H groups in total. The lowest BCUT2D eigenvalue weighted by Crippen LogP contribution is -2.09. The zero-order valence-electron chi connectivity index (χ0n) is 15.0. The third kappa shape index (κ3) is 3.80. The van der Waals surface area contributed by atoms with Gasteiger partial charge in [0, 0.05) is 32.8 Å². The van der Waals surface area contributed by atoms with Crippen molar-refractivity contribution in [3.8, 4) is 5.75 Å². The minimum atomic E-state index is -0.455. The summed E-state index contributed by atoms with van der Waals surface area (Å²) in [6.07, 6.45) is 0.814. The first-order valence-electron chi connectivity index (χ1n) is 8.41. The van der Waals surface area contributed by atoms with Gasteiger partial charge in [0.2, 0.25) is 0 Å². The molecule has 0 saturated heterocycles. The zero-order valence-corrected chi connectivity index (χ0v) is 16.5. The molecule has 0 radical (unpaired) electrons. The highest BCUT2D eigenvalue weighted by Crippen LogP contribution is 2.42. The van der Waals surface area contributed by atoms with E-state index in [0.717, 1.165) is 17.4 Å². The van der Waals surface area contributed by atoms with E-state index in [4.69, 9.17) is 28.9 Å². The molecule has 3 rings (SSSR count). The molecule has 0 saturated carbocycles. The number of nitrogens with two attached hydrogens (primary N) is 1. The summed E-state index contributed by atoms with van der Waals surface area (Å²) in [7, 11) is 0. The van der Waals surface area contributed by atoms with Gasteiger partial charge >= 0.3 is 0 Å². The molecule has 1 unspecified atom stereocenters. The second-order valence-electron chi connectivity index (χ2n) is 6.61. The average molecular weight is 400 g/mol. The Kier molecular flexibility index (Phi) is 5.45. The standard InChI is InChI=1S/C22H19Cl2NO2/c1-12-6-15(23)9-18(20(12)11-26)21(14-4-3-5-17(25)8-14)19-10-16(24)7-13(2)22(19)27/h3-11,21,27H,25H2,1-2H3. The van der Waals surface area contributed by atoms with Crippen molar-refractivity contribution in [3.05, 3.63) is 92.0 Å². The van der Waals surface area contributed by atoms with Gasteiger partial charge in [-0.15, -0.1) is 0 Å². The highest BCUT2D eigenvalue weighted by atomic mass is 35.5. The predicted octanol–water partition coefficient (Wildman–Crippen LogP) is 5.89. The van der Waals surface area contributed by atoms with Crippen molar-refractivity contribution in [2.75, 3.05) is 5.73 Å².